The van der Waals surface area contributed by atoms with Crippen molar-refractivity contribution in [3.63, 3.8) is 0 Å². The van der Waals surface area contributed by atoms with Crippen LogP contribution in [0, 0.1) is 23.4 Å². The number of carbonyl (C=O) groups is 3. The molecule has 1 N–H and O–H groups in total. The maximum Gasteiger partial charge on any atom is 0.272 e. The fourth-order valence-corrected chi connectivity index (χ4v) is 8.43. The molecule has 5 aromatic rings. The molecular formula is C44H45F3N8O4. The minimum Gasteiger partial charge on any atom is -0.338 e. The zero-order valence-corrected chi connectivity index (χ0v) is 32.6. The van der Waals surface area contributed by atoms with Gasteiger partial charge in [-0.05, 0) is 77.9 Å². The number of nitrogens with zero attached hydrogens (tertiary/aromatic N) is 7. The van der Waals surface area contributed by atoms with Gasteiger partial charge in [-0.15, -0.1) is 0 Å². The molecule has 0 aliphatic carbocycles. The van der Waals surface area contributed by atoms with E-state index in [0.29, 0.717) is 84.8 Å². The zero-order valence-electron chi connectivity index (χ0n) is 32.6. The highest BCUT2D eigenvalue weighted by atomic mass is 19.1. The van der Waals surface area contributed by atoms with Crippen molar-refractivity contribution >= 4 is 28.5 Å². The Morgan fingerprint density at radius 2 is 1.29 bits per heavy atom. The van der Waals surface area contributed by atoms with Gasteiger partial charge in [0.2, 0.25) is 5.91 Å². The summed E-state index contributed by atoms with van der Waals surface area (Å²) in [6, 6.07) is 17.2. The van der Waals surface area contributed by atoms with Crippen LogP contribution in [0.1, 0.15) is 44.8 Å². The first kappa shape index (κ1) is 39.9. The summed E-state index contributed by atoms with van der Waals surface area (Å²) >= 11 is 0. The number of amides is 3. The summed E-state index contributed by atoms with van der Waals surface area (Å²) in [5, 5.41) is 7.93. The number of rotatable bonds is 9. The van der Waals surface area contributed by atoms with Gasteiger partial charge in [0, 0.05) is 96.2 Å². The lowest BCUT2D eigenvalue weighted by Crippen LogP contribution is -2.55. The van der Waals surface area contributed by atoms with Crippen molar-refractivity contribution in [1.29, 1.82) is 0 Å². The minimum atomic E-state index is -0.875. The Bertz CT molecular complexity index is 2380. The van der Waals surface area contributed by atoms with Crippen molar-refractivity contribution in [3.8, 4) is 11.1 Å². The molecule has 12 nitrogen and oxygen atoms in total. The molecule has 0 unspecified atom stereocenters. The van der Waals surface area contributed by atoms with Crippen LogP contribution in [-0.4, -0.2) is 136 Å². The molecule has 306 valence electrons. The number of halogens is 3. The molecule has 2 aromatic heterocycles. The lowest BCUT2D eigenvalue weighted by atomic mass is 9.95. The van der Waals surface area contributed by atoms with Crippen LogP contribution >= 0.6 is 0 Å². The van der Waals surface area contributed by atoms with Gasteiger partial charge in [-0.25, -0.2) is 18.3 Å². The smallest absolute Gasteiger partial charge is 0.272 e. The summed E-state index contributed by atoms with van der Waals surface area (Å²) in [6.45, 7) is 6.35. The molecule has 3 amide bonds. The summed E-state index contributed by atoms with van der Waals surface area (Å²) in [6.07, 6.45) is 4.86. The van der Waals surface area contributed by atoms with E-state index >= 15 is 13.2 Å². The van der Waals surface area contributed by atoms with Gasteiger partial charge in [0.15, 0.2) is 0 Å². The lowest BCUT2D eigenvalue weighted by molar-refractivity contribution is -0.134. The van der Waals surface area contributed by atoms with Gasteiger partial charge in [-0.2, -0.15) is 5.10 Å². The van der Waals surface area contributed by atoms with Gasteiger partial charge in [0.25, 0.3) is 17.4 Å². The number of nitrogens with one attached hydrogen (secondary N) is 1. The van der Waals surface area contributed by atoms with Crippen molar-refractivity contribution in [3.05, 3.63) is 129 Å². The first-order valence-electron chi connectivity index (χ1n) is 20.1. The molecule has 0 bridgehead atoms. The Hall–Kier alpha value is -5.93. The minimum absolute atomic E-state index is 0.00345. The van der Waals surface area contributed by atoms with Crippen LogP contribution in [-0.2, 0) is 11.2 Å². The first-order chi connectivity index (χ1) is 28.6. The summed E-state index contributed by atoms with van der Waals surface area (Å²) in [7, 11) is 0. The van der Waals surface area contributed by atoms with E-state index in [2.05, 4.69) is 25.0 Å². The Morgan fingerprint density at radius 3 is 1.98 bits per heavy atom. The predicted molar refractivity (Wildman–Crippen MR) is 215 cm³/mol. The highest BCUT2D eigenvalue weighted by Crippen LogP contribution is 2.27. The van der Waals surface area contributed by atoms with Crippen molar-refractivity contribution in [1.82, 2.24) is 39.7 Å². The van der Waals surface area contributed by atoms with Gasteiger partial charge in [0.1, 0.15) is 23.0 Å². The van der Waals surface area contributed by atoms with Crippen LogP contribution in [0.2, 0.25) is 0 Å². The number of carbonyl (C=O) groups excluding carboxylic acids is 3. The Balaban J connectivity index is 0.765. The molecule has 8 rings (SSSR count). The normalized spacial score (nSPS) is 17.1. The first-order valence-corrected chi connectivity index (χ1v) is 20.1. The van der Waals surface area contributed by atoms with Crippen molar-refractivity contribution < 1.29 is 27.6 Å². The number of piperazine rings is 2. The molecule has 0 spiro atoms. The molecule has 3 aliphatic heterocycles. The van der Waals surface area contributed by atoms with Crippen molar-refractivity contribution in [2.45, 2.75) is 19.3 Å². The molecule has 59 heavy (non-hydrogen) atoms. The molecule has 3 fully saturated rings. The molecule has 3 saturated heterocycles. The summed E-state index contributed by atoms with van der Waals surface area (Å²) < 4.78 is 45.1. The van der Waals surface area contributed by atoms with E-state index in [1.54, 1.807) is 52.5 Å². The number of aromatic nitrogens is 3. The Morgan fingerprint density at radius 1 is 0.661 bits per heavy atom. The van der Waals surface area contributed by atoms with E-state index in [1.807, 2.05) is 12.1 Å². The number of hydrogen-bond acceptors (Lipinski definition) is 8. The van der Waals surface area contributed by atoms with Crippen LogP contribution in [0.15, 0.2) is 83.9 Å². The number of fused-ring (bicyclic) bond motifs is 1. The molecule has 0 radical (unpaired) electrons. The van der Waals surface area contributed by atoms with E-state index in [0.717, 1.165) is 45.6 Å². The van der Waals surface area contributed by atoms with Crippen LogP contribution < -0.4 is 5.56 Å². The van der Waals surface area contributed by atoms with E-state index in [9.17, 15) is 19.2 Å². The second-order valence-electron chi connectivity index (χ2n) is 15.6. The van der Waals surface area contributed by atoms with Gasteiger partial charge < -0.3 is 19.6 Å². The van der Waals surface area contributed by atoms with Gasteiger partial charge >= 0.3 is 0 Å². The third-order valence-electron chi connectivity index (χ3n) is 11.8. The number of aromatic amines is 1. The number of piperidine rings is 1. The Kier molecular flexibility index (Phi) is 11.8. The van der Waals surface area contributed by atoms with Crippen LogP contribution in [0.5, 0.6) is 0 Å². The fraction of sp³-hybridized carbons (Fsp3) is 0.364. The van der Waals surface area contributed by atoms with Gasteiger partial charge in [-0.3, -0.25) is 29.1 Å². The third-order valence-corrected chi connectivity index (χ3v) is 11.8. The van der Waals surface area contributed by atoms with E-state index in [-0.39, 0.29) is 23.6 Å². The quantitative estimate of drug-likeness (QED) is 0.232. The predicted octanol–water partition coefficient (Wildman–Crippen LogP) is 4.45. The summed E-state index contributed by atoms with van der Waals surface area (Å²) in [4.78, 5) is 65.5. The molecule has 3 aromatic carbocycles. The highest BCUT2D eigenvalue weighted by Gasteiger charge is 2.31. The molecular weight excluding hydrogens is 762 g/mol. The lowest BCUT2D eigenvalue weighted by Gasteiger charge is -2.40. The maximum atomic E-state index is 15.1. The Labute approximate surface area is 339 Å². The molecule has 0 saturated carbocycles. The molecule has 15 heteroatoms. The highest BCUT2D eigenvalue weighted by molar-refractivity contribution is 5.96. The molecule has 0 atom stereocenters. The second kappa shape index (κ2) is 17.5. The van der Waals surface area contributed by atoms with Crippen molar-refractivity contribution in [2.24, 2.45) is 5.92 Å². The number of pyridine rings is 1. The number of H-pyrrole nitrogens is 1. The largest absolute Gasteiger partial charge is 0.338 e. The van der Waals surface area contributed by atoms with E-state index in [4.69, 9.17) is 0 Å². The number of benzene rings is 3. The average Bonchev–Trinajstić information content (AvgIpc) is 3.26. The molecule has 5 heterocycles. The number of hydrogen-bond donors (Lipinski definition) is 1. The van der Waals surface area contributed by atoms with Crippen molar-refractivity contribution in [2.75, 3.05) is 78.5 Å². The van der Waals surface area contributed by atoms with E-state index < -0.39 is 34.8 Å². The van der Waals surface area contributed by atoms with E-state index in [1.165, 1.54) is 29.2 Å². The summed E-state index contributed by atoms with van der Waals surface area (Å²) in [5.41, 5.74) is 1.40. The zero-order chi connectivity index (χ0) is 41.0. The summed E-state index contributed by atoms with van der Waals surface area (Å²) in [5.74, 6) is -3.09. The SMILES string of the molecule is O=C(CN1CCN(CC2CCN(C(=O)c3c(F)cc(-c4ccncc4)cc3F)CC2)CC1)N1CCN(C(=O)c2cc(Cc3n[nH]c(=O)c4ccccc34)ccc2F)CC1. The topological polar surface area (TPSA) is 126 Å². The second-order valence-corrected chi connectivity index (χ2v) is 15.6. The maximum absolute atomic E-state index is 15.1. The standard InChI is InChI=1S/C44H45F3N8O4/c45-36-6-5-30(24-39-33-3-1-2-4-34(33)42(57)50-49-39)23-35(36)43(58)55-21-19-53(20-22-55)40(56)28-52-17-15-51(16-18-52)27-29-9-13-54(14-10-29)44(59)41-37(46)25-32(26-38(41)47)31-7-11-48-12-8-31/h1-8,11-12,23,25-26,29H,9-10,13-22,24,27-28H2,(H,50,57). The van der Waals surface area contributed by atoms with Gasteiger partial charge in [-0.1, -0.05) is 24.3 Å². The monoisotopic (exact) mass is 806 g/mol. The van der Waals surface area contributed by atoms with Crippen LogP contribution in [0.4, 0.5) is 13.2 Å². The van der Waals surface area contributed by atoms with Crippen LogP contribution in [0.3, 0.4) is 0 Å². The average molecular weight is 807 g/mol. The third kappa shape index (κ3) is 8.91. The van der Waals surface area contributed by atoms with Gasteiger partial charge in [0.05, 0.1) is 23.2 Å². The number of likely N-dealkylation sites (tertiary alicyclic amines) is 1. The fourth-order valence-electron chi connectivity index (χ4n) is 8.43. The van der Waals surface area contributed by atoms with Crippen LogP contribution in [0.25, 0.3) is 21.9 Å². The molecule has 3 aliphatic rings.